The van der Waals surface area contributed by atoms with Crippen LogP contribution in [-0.2, 0) is 40.6 Å². The number of aromatic amines is 2. The number of aromatic nitrogens is 8. The van der Waals surface area contributed by atoms with E-state index in [0.717, 1.165) is 42.0 Å². The van der Waals surface area contributed by atoms with Crippen LogP contribution in [0.15, 0.2) is 466 Å². The Labute approximate surface area is 870 Å². The van der Waals surface area contributed by atoms with Crippen LogP contribution in [0.25, 0.3) is 32.0 Å². The number of halogens is 1. The van der Waals surface area contributed by atoms with Gasteiger partial charge in [-0.1, -0.05) is 460 Å². The molecule has 6 aromatic heterocycles. The van der Waals surface area contributed by atoms with Crippen molar-refractivity contribution in [2.24, 2.45) is 0 Å². The fourth-order valence-corrected chi connectivity index (χ4v) is 26.2. The van der Waals surface area contributed by atoms with Crippen molar-refractivity contribution in [2.75, 3.05) is 10.6 Å². The van der Waals surface area contributed by atoms with Crippen LogP contribution >= 0.6 is 70.3 Å². The number of amides is 2. The van der Waals surface area contributed by atoms with Gasteiger partial charge in [0, 0.05) is 61.2 Å². The van der Waals surface area contributed by atoms with Crippen LogP contribution in [0, 0.1) is 0 Å². The van der Waals surface area contributed by atoms with Crippen LogP contribution in [0.2, 0.25) is 0 Å². The van der Waals surface area contributed by atoms with Gasteiger partial charge in [-0.3, -0.25) is 30.4 Å². The van der Waals surface area contributed by atoms with E-state index < -0.39 is 31.7 Å². The number of fused-ring (bicyclic) bond motifs is 2. The normalized spacial score (nSPS) is 12.1. The molecule has 142 heavy (non-hydrogen) atoms. The zero-order valence-corrected chi connectivity index (χ0v) is 88.4. The number of anilines is 2. The molecule has 1 aliphatic heterocycles. The smallest absolute Gasteiger partial charge is 0.399 e. The van der Waals surface area contributed by atoms with E-state index in [0.29, 0.717) is 21.4 Å². The van der Waals surface area contributed by atoms with E-state index in [9.17, 15) is 9.59 Å². The number of hydrogen-bond donors (Lipinski definition) is 4. The number of nitrogens with zero attached hydrogens (tertiary/aromatic N) is 6. The molecule has 20 aromatic rings. The van der Waals surface area contributed by atoms with Crippen molar-refractivity contribution in [3.8, 4) is 11.3 Å². The number of carbonyl (C=O) groups is 2. The van der Waals surface area contributed by atoms with Gasteiger partial charge in [-0.15, -0.1) is 0 Å². The minimum Gasteiger partial charge on any atom is -0.399 e. The third-order valence-electron chi connectivity index (χ3n) is 23.0. The van der Waals surface area contributed by atoms with Crippen molar-refractivity contribution >= 4 is 189 Å². The molecule has 14 nitrogen and oxygen atoms in total. The van der Waals surface area contributed by atoms with Crippen LogP contribution in [-0.4, -0.2) is 70.5 Å². The maximum atomic E-state index is 12.5. The average molecular weight is 2130 g/mol. The van der Waals surface area contributed by atoms with E-state index in [1.165, 1.54) is 97.5 Å². The minimum atomic E-state index is -0.446. The Kier molecular flexibility index (Phi) is 39.0. The molecular formula is C119H114BBrN10O4P4PdS2. The van der Waals surface area contributed by atoms with Crippen LogP contribution in [0.5, 0.6) is 0 Å². The maximum Gasteiger partial charge on any atom is 0.498 e. The van der Waals surface area contributed by atoms with Gasteiger partial charge < -0.3 is 9.31 Å². The molecule has 4 N–H and O–H groups in total. The van der Waals surface area contributed by atoms with Gasteiger partial charge in [-0.05, 0) is 209 Å². The Bertz CT molecular complexity index is 6320. The molecule has 0 radical (unpaired) electrons. The predicted octanol–water partition coefficient (Wildman–Crippen LogP) is 24.8. The van der Waals surface area contributed by atoms with Gasteiger partial charge in [0.2, 0.25) is 0 Å². The first-order valence-electron chi connectivity index (χ1n) is 46.1. The third kappa shape index (κ3) is 29.5. The molecular weight excluding hydrogens is 2020 g/mol. The topological polar surface area (TPSA) is 186 Å². The van der Waals surface area contributed by atoms with E-state index >= 15 is 0 Å². The Morgan fingerprint density at radius 2 is 0.570 bits per heavy atom. The second kappa shape index (κ2) is 51.9. The average Bonchev–Trinajstić information content (AvgIpc) is 1.62. The molecule has 0 saturated carbocycles. The van der Waals surface area contributed by atoms with Crippen molar-refractivity contribution in [1.29, 1.82) is 0 Å². The van der Waals surface area contributed by atoms with Crippen molar-refractivity contribution in [1.82, 2.24) is 40.3 Å². The van der Waals surface area contributed by atoms with Crippen molar-refractivity contribution in [3.05, 3.63) is 488 Å². The van der Waals surface area contributed by atoms with Gasteiger partial charge in [-0.2, -0.15) is 10.2 Å². The number of carbonyl (C=O) groups excluding carboxylic acids is 2. The molecule has 1 saturated heterocycles. The van der Waals surface area contributed by atoms with E-state index in [-0.39, 0.29) is 68.8 Å². The first-order valence-corrected chi connectivity index (χ1v) is 53.9. The molecule has 0 bridgehead atoms. The Balaban J connectivity index is 0.000000140. The van der Waals surface area contributed by atoms with Crippen molar-refractivity contribution in [3.63, 3.8) is 0 Å². The van der Waals surface area contributed by atoms with Crippen LogP contribution < -0.4 is 79.8 Å². The van der Waals surface area contributed by atoms with Gasteiger partial charge in [0.25, 0.3) is 11.8 Å². The third-order valence-corrected chi connectivity index (χ3v) is 34.9. The minimum absolute atomic E-state index is 0. The van der Waals surface area contributed by atoms with Crippen LogP contribution in [0.3, 0.4) is 0 Å². The molecule has 0 aliphatic carbocycles. The van der Waals surface area contributed by atoms with Gasteiger partial charge in [0.15, 0.2) is 10.3 Å². The first kappa shape index (κ1) is 107. The maximum absolute atomic E-state index is 12.5. The number of H-pyrrole nitrogens is 2. The number of thiazole rings is 2. The van der Waals surface area contributed by atoms with Gasteiger partial charge in [-0.25, -0.2) is 19.9 Å². The predicted molar refractivity (Wildman–Crippen MR) is 608 cm³/mol. The summed E-state index contributed by atoms with van der Waals surface area (Å²) < 4.78 is 12.4. The summed E-state index contributed by atoms with van der Waals surface area (Å²) in [4.78, 5) is 44.2. The summed E-state index contributed by atoms with van der Waals surface area (Å²) in [5.74, 6) is -0.340. The molecule has 0 spiro atoms. The Morgan fingerprint density at radius 1 is 0.324 bits per heavy atom. The van der Waals surface area contributed by atoms with Crippen molar-refractivity contribution < 1.29 is 39.3 Å². The van der Waals surface area contributed by atoms with E-state index in [1.807, 2.05) is 100 Å². The fraction of sp³-hybridized carbons (Fsp3) is 0.126. The Morgan fingerprint density at radius 3 is 0.810 bits per heavy atom. The molecule has 0 unspecified atom stereocenters. The molecule has 23 heteroatoms. The van der Waals surface area contributed by atoms with Crippen LogP contribution in [0.1, 0.15) is 109 Å². The number of benzene rings is 14. The standard InChI is InChI=1S/C20H19N5OS.4C18H15P.C17H16BrN3OS.C9H15BN2O2.CH4.Pd/c1-20(2,3)14-6-4-12(5-7-14)17(26)25-19-24-16-9-8-15(23-18(16)27-19)13-10-21-22-11-13;4*1-4-10-16(11-5-1)19(17-12-6-2-7-13-17)18-14-8-3-9-15-18;1-17(2,3)11-6-4-10(5-7-11)14(22)21-16-19-12-8-9-13(18)20-15(12)23-16;1-8(2)9(3,4)14-10(13-8)7-5-11-12-6-7;;/h4-11H,1-3H3,(H,21,22)(H,24,25,26);4*1-15H;4-9H,1-3H3,(H,19,21,22);5-6H,1-4H3,(H,11,12);1H4;. The molecule has 0 atom stereocenters. The second-order valence-electron chi connectivity index (χ2n) is 35.6. The monoisotopic (exact) mass is 2130 g/mol. The van der Waals surface area contributed by atoms with E-state index in [2.05, 4.69) is 472 Å². The molecule has 1 aliphatic rings. The van der Waals surface area contributed by atoms with Crippen molar-refractivity contribution in [2.45, 2.75) is 98.7 Å². The molecule has 14 aromatic carbocycles. The molecule has 21 rings (SSSR count). The van der Waals surface area contributed by atoms with Gasteiger partial charge >= 0.3 is 7.12 Å². The molecule has 7 heterocycles. The summed E-state index contributed by atoms with van der Waals surface area (Å²) in [7, 11) is -2.09. The van der Waals surface area contributed by atoms with Crippen LogP contribution in [0.4, 0.5) is 10.3 Å². The fourth-order valence-electron chi connectivity index (χ4n) is 14.9. The summed E-state index contributed by atoms with van der Waals surface area (Å²) >= 11 is 6.04. The largest absolute Gasteiger partial charge is 0.498 e. The number of nitrogens with one attached hydrogen (secondary N) is 4. The number of hydrogen-bond acceptors (Lipinski definition) is 12. The van der Waals surface area contributed by atoms with Gasteiger partial charge in [0.1, 0.15) is 25.3 Å². The first-order chi connectivity index (χ1) is 67.9. The second-order valence-corrected chi connectivity index (χ2v) is 47.2. The summed E-state index contributed by atoms with van der Waals surface area (Å²) in [6, 6.07) is 152. The summed E-state index contributed by atoms with van der Waals surface area (Å²) in [6.07, 6.45) is 7.03. The molecule has 1 fully saturated rings. The zero-order valence-electron chi connectivity index (χ0n) is 80.1. The summed E-state index contributed by atoms with van der Waals surface area (Å²) in [6.45, 7) is 21.0. The molecule has 2 amide bonds. The Hall–Kier alpha value is -12.6. The SMILES string of the molecule is C.CC(C)(C)c1ccc(C(=O)Nc2nc3ccc(-c4cn[nH]c4)nc3s2)cc1.CC(C)(C)c1ccc(C(=O)Nc2nc3ccc(Br)nc3s2)cc1.CC1(C)OB(c2cn[nH]c2)OC1(C)C.[Pd].c1ccc(P(c2ccccc2)c2ccccc2)cc1.c1ccc(P(c2ccccc2)c2ccccc2)cc1.c1ccc(P(c2ccccc2)c2ccccc2)cc1.c1ccc(P(c2ccccc2)c2ccccc2)cc1. The van der Waals surface area contributed by atoms with E-state index in [1.54, 1.807) is 24.8 Å². The summed E-state index contributed by atoms with van der Waals surface area (Å²) in [5.41, 5.74) is 7.36. The quantitative estimate of drug-likeness (QED) is 0.0366. The van der Waals surface area contributed by atoms with E-state index in [4.69, 9.17) is 9.31 Å². The molecule has 716 valence electrons. The van der Waals surface area contributed by atoms with Gasteiger partial charge in [0.05, 0.1) is 23.1 Å². The zero-order chi connectivity index (χ0) is 97.7. The number of pyridine rings is 2. The summed E-state index contributed by atoms with van der Waals surface area (Å²) in [5, 5.41) is 36.9. The number of rotatable bonds is 18.